The first-order valence-corrected chi connectivity index (χ1v) is 7.92. The summed E-state index contributed by atoms with van der Waals surface area (Å²) in [4.78, 5) is 24.4. The summed E-state index contributed by atoms with van der Waals surface area (Å²) >= 11 is 0. The summed E-state index contributed by atoms with van der Waals surface area (Å²) in [6, 6.07) is 4.59. The van der Waals surface area contributed by atoms with E-state index in [4.69, 9.17) is 9.15 Å². The number of alkyl halides is 3. The van der Waals surface area contributed by atoms with E-state index in [9.17, 15) is 22.8 Å². The molecule has 1 atom stereocenters. The van der Waals surface area contributed by atoms with Crippen molar-refractivity contribution in [2.75, 3.05) is 5.32 Å². The highest BCUT2D eigenvalue weighted by Crippen LogP contribution is 2.24. The topological polar surface area (TPSA) is 77.8 Å². The van der Waals surface area contributed by atoms with Crippen LogP contribution in [0.5, 0.6) is 5.75 Å². The molecule has 0 saturated carbocycles. The highest BCUT2D eigenvalue weighted by Gasteiger charge is 2.31. The van der Waals surface area contributed by atoms with Crippen LogP contribution in [0.3, 0.4) is 0 Å². The second kappa shape index (κ2) is 7.73. The van der Waals surface area contributed by atoms with Crippen molar-refractivity contribution in [2.45, 2.75) is 40.2 Å². The van der Waals surface area contributed by atoms with Crippen LogP contribution in [-0.4, -0.2) is 24.3 Å². The Kier molecular flexibility index (Phi) is 5.82. The van der Waals surface area contributed by atoms with Gasteiger partial charge in [0, 0.05) is 11.3 Å². The zero-order chi connectivity index (χ0) is 20.4. The van der Waals surface area contributed by atoms with E-state index >= 15 is 0 Å². The van der Waals surface area contributed by atoms with E-state index in [0.717, 1.165) is 12.1 Å². The molecule has 0 saturated heterocycles. The second-order valence-electron chi connectivity index (χ2n) is 5.82. The van der Waals surface area contributed by atoms with Gasteiger partial charge in [-0.25, -0.2) is 4.79 Å². The number of rotatable bonds is 5. The summed E-state index contributed by atoms with van der Waals surface area (Å²) in [5, 5.41) is 2.45. The number of nitrogens with one attached hydrogen (secondary N) is 1. The lowest BCUT2D eigenvalue weighted by Crippen LogP contribution is -2.30. The molecule has 0 radical (unpaired) electrons. The van der Waals surface area contributed by atoms with Crippen LogP contribution in [0, 0.1) is 20.8 Å². The van der Waals surface area contributed by atoms with Crippen LogP contribution in [0.25, 0.3) is 0 Å². The van der Waals surface area contributed by atoms with E-state index in [-0.39, 0.29) is 11.3 Å². The molecule has 0 aliphatic rings. The first-order chi connectivity index (χ1) is 12.5. The van der Waals surface area contributed by atoms with E-state index in [1.807, 2.05) is 0 Å². The van der Waals surface area contributed by atoms with E-state index < -0.39 is 30.1 Å². The molecule has 2 aromatic rings. The van der Waals surface area contributed by atoms with Crippen molar-refractivity contribution in [1.82, 2.24) is 0 Å². The van der Waals surface area contributed by atoms with E-state index in [1.165, 1.54) is 19.1 Å². The molecule has 1 amide bonds. The number of amides is 1. The minimum atomic E-state index is -4.80. The molecule has 6 nitrogen and oxygen atoms in total. The van der Waals surface area contributed by atoms with Crippen LogP contribution in [-0.2, 0) is 9.53 Å². The van der Waals surface area contributed by atoms with E-state index in [0.29, 0.717) is 17.1 Å². The van der Waals surface area contributed by atoms with Crippen LogP contribution >= 0.6 is 0 Å². The van der Waals surface area contributed by atoms with Gasteiger partial charge in [-0.1, -0.05) is 0 Å². The van der Waals surface area contributed by atoms with Gasteiger partial charge in [0.2, 0.25) is 0 Å². The third-order valence-electron chi connectivity index (χ3n) is 3.77. The fourth-order valence-electron chi connectivity index (χ4n) is 2.35. The fourth-order valence-corrected chi connectivity index (χ4v) is 2.35. The average Bonchev–Trinajstić information content (AvgIpc) is 2.80. The van der Waals surface area contributed by atoms with Crippen LogP contribution in [0.15, 0.2) is 28.7 Å². The van der Waals surface area contributed by atoms with Crippen molar-refractivity contribution >= 4 is 17.6 Å². The third-order valence-corrected chi connectivity index (χ3v) is 3.77. The van der Waals surface area contributed by atoms with Gasteiger partial charge in [-0.3, -0.25) is 4.79 Å². The number of anilines is 1. The number of ether oxygens (including phenoxy) is 2. The van der Waals surface area contributed by atoms with Crippen LogP contribution in [0.2, 0.25) is 0 Å². The Morgan fingerprint density at radius 2 is 1.67 bits per heavy atom. The number of hydrogen-bond donors (Lipinski definition) is 1. The van der Waals surface area contributed by atoms with Gasteiger partial charge in [-0.05, 0) is 52.0 Å². The summed E-state index contributed by atoms with van der Waals surface area (Å²) in [5.41, 5.74) is 1.12. The maximum Gasteiger partial charge on any atom is 0.573 e. The molecule has 27 heavy (non-hydrogen) atoms. The lowest BCUT2D eigenvalue weighted by atomic mass is 10.1. The van der Waals surface area contributed by atoms with Gasteiger partial charge in [0.1, 0.15) is 22.8 Å². The van der Waals surface area contributed by atoms with Crippen LogP contribution < -0.4 is 10.1 Å². The van der Waals surface area contributed by atoms with E-state index in [2.05, 4.69) is 10.1 Å². The Morgan fingerprint density at radius 1 is 1.07 bits per heavy atom. The van der Waals surface area contributed by atoms with Crippen molar-refractivity contribution in [3.63, 3.8) is 0 Å². The first-order valence-electron chi connectivity index (χ1n) is 7.92. The zero-order valence-electron chi connectivity index (χ0n) is 15.1. The monoisotopic (exact) mass is 385 g/mol. The molecule has 0 spiro atoms. The van der Waals surface area contributed by atoms with Crippen molar-refractivity contribution in [1.29, 1.82) is 0 Å². The Balaban J connectivity index is 1.98. The number of carbonyl (C=O) groups is 2. The van der Waals surface area contributed by atoms with Crippen LogP contribution in [0.1, 0.15) is 34.4 Å². The number of carbonyl (C=O) groups excluding carboxylic acids is 2. The molecule has 1 N–H and O–H groups in total. The lowest BCUT2D eigenvalue weighted by molar-refractivity contribution is -0.274. The summed E-state index contributed by atoms with van der Waals surface area (Å²) in [6.45, 7) is 6.41. The average molecular weight is 385 g/mol. The van der Waals surface area contributed by atoms with Crippen LogP contribution in [0.4, 0.5) is 18.9 Å². The van der Waals surface area contributed by atoms with Crippen molar-refractivity contribution in [3.05, 3.63) is 46.9 Å². The summed E-state index contributed by atoms with van der Waals surface area (Å²) < 4.78 is 50.6. The van der Waals surface area contributed by atoms with Gasteiger partial charge >= 0.3 is 12.3 Å². The Morgan fingerprint density at radius 3 is 2.15 bits per heavy atom. The summed E-state index contributed by atoms with van der Waals surface area (Å²) in [5.74, 6) is -0.774. The maximum atomic E-state index is 12.3. The molecule has 1 aromatic heterocycles. The van der Waals surface area contributed by atoms with Gasteiger partial charge in [-0.2, -0.15) is 0 Å². The molecule has 1 unspecified atom stereocenters. The zero-order valence-corrected chi connectivity index (χ0v) is 15.1. The number of halogens is 3. The number of aryl methyl sites for hydroxylation is 2. The summed E-state index contributed by atoms with van der Waals surface area (Å²) in [6.07, 6.45) is -5.92. The van der Waals surface area contributed by atoms with Gasteiger partial charge in [-0.15, -0.1) is 13.2 Å². The number of benzene rings is 1. The second-order valence-corrected chi connectivity index (χ2v) is 5.82. The maximum absolute atomic E-state index is 12.3. The van der Waals surface area contributed by atoms with Crippen molar-refractivity contribution < 1.29 is 36.7 Å². The molecule has 2 rings (SSSR count). The standard InChI is InChI=1S/C18H18F3NO5/c1-9-10(2)25-11(3)15(9)17(24)26-12(4)16(23)22-13-5-7-14(8-6-13)27-18(19,20)21/h5-8,12H,1-4H3,(H,22,23). The molecule has 0 fully saturated rings. The highest BCUT2D eigenvalue weighted by atomic mass is 19.4. The molecule has 0 aliphatic heterocycles. The molecule has 1 aromatic carbocycles. The number of furan rings is 1. The normalized spacial score (nSPS) is 12.4. The van der Waals surface area contributed by atoms with Crippen molar-refractivity contribution in [2.24, 2.45) is 0 Å². The van der Waals surface area contributed by atoms with Gasteiger partial charge in [0.05, 0.1) is 0 Å². The van der Waals surface area contributed by atoms with Crippen molar-refractivity contribution in [3.8, 4) is 5.75 Å². The smallest absolute Gasteiger partial charge is 0.465 e. The SMILES string of the molecule is Cc1oc(C)c(C(=O)OC(C)C(=O)Nc2ccc(OC(F)(F)F)cc2)c1C. The Hall–Kier alpha value is -2.97. The molecular weight excluding hydrogens is 367 g/mol. The highest BCUT2D eigenvalue weighted by molar-refractivity contribution is 5.98. The molecule has 0 bridgehead atoms. The number of esters is 1. The number of hydrogen-bond acceptors (Lipinski definition) is 5. The molecule has 9 heteroatoms. The van der Waals surface area contributed by atoms with E-state index in [1.54, 1.807) is 20.8 Å². The third kappa shape index (κ3) is 5.25. The minimum absolute atomic E-state index is 0.226. The molecule has 146 valence electrons. The predicted octanol–water partition coefficient (Wildman–Crippen LogP) is 4.29. The van der Waals surface area contributed by atoms with Gasteiger partial charge in [0.15, 0.2) is 6.10 Å². The minimum Gasteiger partial charge on any atom is -0.465 e. The molecule has 0 aliphatic carbocycles. The Labute approximate surface area is 153 Å². The van der Waals surface area contributed by atoms with Gasteiger partial charge < -0.3 is 19.2 Å². The lowest BCUT2D eigenvalue weighted by Gasteiger charge is -2.14. The molecular formula is C18H18F3NO5. The largest absolute Gasteiger partial charge is 0.573 e. The fraction of sp³-hybridized carbons (Fsp3) is 0.333. The van der Waals surface area contributed by atoms with Gasteiger partial charge in [0.25, 0.3) is 5.91 Å². The molecule has 1 heterocycles. The summed E-state index contributed by atoms with van der Waals surface area (Å²) in [7, 11) is 0. The Bertz CT molecular complexity index is 840. The predicted molar refractivity (Wildman–Crippen MR) is 89.6 cm³/mol. The quantitative estimate of drug-likeness (QED) is 0.777. The first kappa shape index (κ1) is 20.3.